The second-order valence-electron chi connectivity index (χ2n) is 6.34. The van der Waals surface area contributed by atoms with Crippen molar-refractivity contribution in [1.82, 2.24) is 9.88 Å². The van der Waals surface area contributed by atoms with E-state index in [0.29, 0.717) is 43.2 Å². The Labute approximate surface area is 172 Å². The molecule has 1 aromatic carbocycles. The van der Waals surface area contributed by atoms with Crippen molar-refractivity contribution in [2.45, 2.75) is 29.7 Å². The summed E-state index contributed by atoms with van der Waals surface area (Å²) >= 11 is 0.283. The number of alkyl halides is 2. The molecule has 9 heteroatoms. The van der Waals surface area contributed by atoms with Gasteiger partial charge in [0, 0.05) is 32.1 Å². The lowest BCUT2D eigenvalue weighted by molar-refractivity contribution is 0.0581. The minimum Gasteiger partial charge on any atom is -0.493 e. The van der Waals surface area contributed by atoms with Crippen LogP contribution in [0.2, 0.25) is 0 Å². The standard InChI is InChI=1S/C20H22F2N2O4S/c1-26-15-6-3-7-16(27-2)17(15)28-13-8-11-24(12-9-13)19(25)14-5-4-10-23-18(14)29-20(21)22/h3-7,10,13,20H,8-9,11-12H2,1-2H3. The molecule has 2 aromatic rings. The third-order valence-corrected chi connectivity index (χ3v) is 5.33. The summed E-state index contributed by atoms with van der Waals surface area (Å²) in [4.78, 5) is 18.4. The number of ether oxygens (including phenoxy) is 3. The maximum Gasteiger partial charge on any atom is 0.290 e. The van der Waals surface area contributed by atoms with E-state index >= 15 is 0 Å². The quantitative estimate of drug-likeness (QED) is 0.624. The summed E-state index contributed by atoms with van der Waals surface area (Å²) in [6.07, 6.45) is 2.49. The molecule has 156 valence electrons. The number of halogens is 2. The fourth-order valence-electron chi connectivity index (χ4n) is 3.18. The average molecular weight is 424 g/mol. The van der Waals surface area contributed by atoms with Crippen molar-refractivity contribution in [3.05, 3.63) is 42.1 Å². The molecular weight excluding hydrogens is 402 g/mol. The number of hydrogen-bond donors (Lipinski definition) is 0. The van der Waals surface area contributed by atoms with Gasteiger partial charge in [-0.2, -0.15) is 8.78 Å². The van der Waals surface area contributed by atoms with Crippen LogP contribution in [-0.2, 0) is 0 Å². The number of methoxy groups -OCH3 is 2. The number of amides is 1. The highest BCUT2D eigenvalue weighted by molar-refractivity contribution is 7.99. The number of likely N-dealkylation sites (tertiary alicyclic amines) is 1. The summed E-state index contributed by atoms with van der Waals surface area (Å²) < 4.78 is 42.3. The number of hydrogen-bond acceptors (Lipinski definition) is 6. The zero-order valence-electron chi connectivity index (χ0n) is 16.1. The van der Waals surface area contributed by atoms with Crippen molar-refractivity contribution >= 4 is 17.7 Å². The normalized spacial score (nSPS) is 14.7. The molecule has 0 unspecified atom stereocenters. The van der Waals surface area contributed by atoms with Crippen molar-refractivity contribution in [3.63, 3.8) is 0 Å². The molecule has 0 spiro atoms. The SMILES string of the molecule is COc1cccc(OC)c1OC1CCN(C(=O)c2cccnc2SC(F)F)CC1. The summed E-state index contributed by atoms with van der Waals surface area (Å²) in [6, 6.07) is 8.51. The lowest BCUT2D eigenvalue weighted by Gasteiger charge is -2.33. The highest BCUT2D eigenvalue weighted by Crippen LogP contribution is 2.38. The van der Waals surface area contributed by atoms with E-state index in [9.17, 15) is 13.6 Å². The average Bonchev–Trinajstić information content (AvgIpc) is 2.74. The van der Waals surface area contributed by atoms with Gasteiger partial charge >= 0.3 is 0 Å². The number of carbonyl (C=O) groups excluding carboxylic acids is 1. The monoisotopic (exact) mass is 424 g/mol. The molecule has 0 aliphatic carbocycles. The molecule has 0 atom stereocenters. The van der Waals surface area contributed by atoms with Gasteiger partial charge < -0.3 is 19.1 Å². The summed E-state index contributed by atoms with van der Waals surface area (Å²) in [5.74, 6) is -1.25. The Balaban J connectivity index is 1.65. The van der Waals surface area contributed by atoms with Gasteiger partial charge in [0.15, 0.2) is 11.5 Å². The van der Waals surface area contributed by atoms with Gasteiger partial charge in [0.1, 0.15) is 11.1 Å². The molecule has 1 fully saturated rings. The summed E-state index contributed by atoms with van der Waals surface area (Å²) in [5.41, 5.74) is 0.198. The molecule has 0 N–H and O–H groups in total. The summed E-state index contributed by atoms with van der Waals surface area (Å²) in [7, 11) is 3.12. The highest BCUT2D eigenvalue weighted by atomic mass is 32.2. The summed E-state index contributed by atoms with van der Waals surface area (Å²) in [5, 5.41) is 0.0460. The Bertz CT molecular complexity index is 823. The van der Waals surface area contributed by atoms with Gasteiger partial charge in [0.2, 0.25) is 5.75 Å². The Morgan fingerprint density at radius 2 is 1.79 bits per heavy atom. The van der Waals surface area contributed by atoms with E-state index in [-0.39, 0.29) is 34.4 Å². The molecular formula is C20H22F2N2O4S. The maximum absolute atomic E-state index is 12.8. The van der Waals surface area contributed by atoms with Crippen LogP contribution in [0.3, 0.4) is 0 Å². The smallest absolute Gasteiger partial charge is 0.290 e. The zero-order valence-corrected chi connectivity index (χ0v) is 17.0. The molecule has 29 heavy (non-hydrogen) atoms. The first-order chi connectivity index (χ1) is 14.0. The Kier molecular flexibility index (Phi) is 7.13. The van der Waals surface area contributed by atoms with Crippen LogP contribution in [0.15, 0.2) is 41.6 Å². The van der Waals surface area contributed by atoms with Crippen LogP contribution in [0.5, 0.6) is 17.2 Å². The molecule has 0 saturated carbocycles. The summed E-state index contributed by atoms with van der Waals surface area (Å²) in [6.45, 7) is 0.906. The van der Waals surface area contributed by atoms with Gasteiger partial charge in [-0.25, -0.2) is 4.98 Å². The van der Waals surface area contributed by atoms with Crippen molar-refractivity contribution in [3.8, 4) is 17.2 Å². The number of piperidine rings is 1. The molecule has 1 amide bonds. The van der Waals surface area contributed by atoms with E-state index in [4.69, 9.17) is 14.2 Å². The van der Waals surface area contributed by atoms with E-state index in [2.05, 4.69) is 4.98 Å². The number of rotatable bonds is 7. The van der Waals surface area contributed by atoms with Crippen LogP contribution < -0.4 is 14.2 Å². The van der Waals surface area contributed by atoms with Crippen LogP contribution in [-0.4, -0.2) is 55.0 Å². The van der Waals surface area contributed by atoms with Gasteiger partial charge in [-0.05, 0) is 36.0 Å². The molecule has 2 heterocycles. The number of pyridine rings is 1. The largest absolute Gasteiger partial charge is 0.493 e. The van der Waals surface area contributed by atoms with Crippen molar-refractivity contribution in [1.29, 1.82) is 0 Å². The topological polar surface area (TPSA) is 60.9 Å². The van der Waals surface area contributed by atoms with Crippen molar-refractivity contribution in [2.75, 3.05) is 27.3 Å². The van der Waals surface area contributed by atoms with Gasteiger partial charge in [-0.3, -0.25) is 4.79 Å². The molecule has 1 aromatic heterocycles. The van der Waals surface area contributed by atoms with Crippen molar-refractivity contribution < 1.29 is 27.8 Å². The first-order valence-corrected chi connectivity index (χ1v) is 9.98. The van der Waals surface area contributed by atoms with E-state index < -0.39 is 5.76 Å². The highest BCUT2D eigenvalue weighted by Gasteiger charge is 2.28. The minimum atomic E-state index is -2.63. The van der Waals surface area contributed by atoms with Gasteiger partial charge in [0.25, 0.3) is 11.7 Å². The van der Waals surface area contributed by atoms with Crippen LogP contribution >= 0.6 is 11.8 Å². The fraction of sp³-hybridized carbons (Fsp3) is 0.400. The van der Waals surface area contributed by atoms with Crippen LogP contribution in [0.4, 0.5) is 8.78 Å². The predicted molar refractivity (Wildman–Crippen MR) is 105 cm³/mol. The van der Waals surface area contributed by atoms with E-state index in [1.54, 1.807) is 37.3 Å². The zero-order chi connectivity index (χ0) is 20.8. The Hall–Kier alpha value is -2.55. The van der Waals surface area contributed by atoms with E-state index in [1.165, 1.54) is 12.3 Å². The molecule has 1 saturated heterocycles. The predicted octanol–water partition coefficient (Wildman–Crippen LogP) is 4.10. The van der Waals surface area contributed by atoms with Crippen LogP contribution in [0.25, 0.3) is 0 Å². The third-order valence-electron chi connectivity index (χ3n) is 4.60. The second kappa shape index (κ2) is 9.78. The Morgan fingerprint density at radius 3 is 2.38 bits per heavy atom. The first-order valence-electron chi connectivity index (χ1n) is 9.10. The molecule has 0 radical (unpaired) electrons. The van der Waals surface area contributed by atoms with Crippen LogP contribution in [0, 0.1) is 0 Å². The van der Waals surface area contributed by atoms with Gasteiger partial charge in [0.05, 0.1) is 19.8 Å². The van der Waals surface area contributed by atoms with E-state index in [1.807, 2.05) is 6.07 Å². The lowest BCUT2D eigenvalue weighted by atomic mass is 10.1. The first kappa shape index (κ1) is 21.2. The third kappa shape index (κ3) is 5.09. The number of nitrogens with zero attached hydrogens (tertiary/aromatic N) is 2. The number of carbonyl (C=O) groups is 1. The van der Waals surface area contributed by atoms with E-state index in [0.717, 1.165) is 0 Å². The second-order valence-corrected chi connectivity index (χ2v) is 7.31. The Morgan fingerprint density at radius 1 is 1.14 bits per heavy atom. The molecule has 1 aliphatic rings. The van der Waals surface area contributed by atoms with Crippen LogP contribution in [0.1, 0.15) is 23.2 Å². The maximum atomic E-state index is 12.8. The van der Waals surface area contributed by atoms with Crippen molar-refractivity contribution in [2.24, 2.45) is 0 Å². The number of benzene rings is 1. The fourth-order valence-corrected chi connectivity index (χ4v) is 3.75. The van der Waals surface area contributed by atoms with Gasteiger partial charge in [-0.15, -0.1) is 0 Å². The molecule has 0 bridgehead atoms. The number of aromatic nitrogens is 1. The molecule has 6 nitrogen and oxygen atoms in total. The van der Waals surface area contributed by atoms with Gasteiger partial charge in [-0.1, -0.05) is 6.07 Å². The lowest BCUT2D eigenvalue weighted by Crippen LogP contribution is -2.42. The molecule has 3 rings (SSSR count). The molecule has 1 aliphatic heterocycles. The number of thioether (sulfide) groups is 1. The minimum absolute atomic E-state index is 0.0460. The number of para-hydroxylation sites is 1.